The summed E-state index contributed by atoms with van der Waals surface area (Å²) in [5, 5.41) is 5.84. The van der Waals surface area contributed by atoms with Crippen LogP contribution in [-0.2, 0) is 17.8 Å². The number of likely N-dealkylation sites (N-methyl/N-ethyl adjacent to an activating group) is 1. The first-order valence-corrected chi connectivity index (χ1v) is 5.03. The average molecular weight is 205 g/mol. The number of benzene rings is 1. The molecule has 2 rings (SSSR count). The van der Waals surface area contributed by atoms with Gasteiger partial charge in [0.15, 0.2) is 0 Å². The SMILES string of the molecule is CNC(=O)C1Cc2ccc(N)cc2CN1. The highest BCUT2D eigenvalue weighted by atomic mass is 16.2. The van der Waals surface area contributed by atoms with Crippen molar-refractivity contribution in [1.82, 2.24) is 10.6 Å². The van der Waals surface area contributed by atoms with Gasteiger partial charge < -0.3 is 16.4 Å². The summed E-state index contributed by atoms with van der Waals surface area (Å²) in [7, 11) is 1.66. The van der Waals surface area contributed by atoms with Gasteiger partial charge in [-0.05, 0) is 29.7 Å². The molecule has 1 atom stereocenters. The first-order valence-electron chi connectivity index (χ1n) is 5.03. The number of fused-ring (bicyclic) bond motifs is 1. The van der Waals surface area contributed by atoms with E-state index >= 15 is 0 Å². The van der Waals surface area contributed by atoms with E-state index in [4.69, 9.17) is 5.73 Å². The molecule has 0 spiro atoms. The van der Waals surface area contributed by atoms with E-state index in [1.807, 2.05) is 18.2 Å². The molecule has 1 unspecified atom stereocenters. The van der Waals surface area contributed by atoms with Crippen LogP contribution >= 0.6 is 0 Å². The number of carbonyl (C=O) groups is 1. The zero-order valence-electron chi connectivity index (χ0n) is 8.71. The summed E-state index contributed by atoms with van der Waals surface area (Å²) in [6, 6.07) is 5.72. The number of hydrogen-bond donors (Lipinski definition) is 3. The van der Waals surface area contributed by atoms with Crippen molar-refractivity contribution in [3.8, 4) is 0 Å². The Morgan fingerprint density at radius 1 is 1.53 bits per heavy atom. The van der Waals surface area contributed by atoms with E-state index in [0.29, 0.717) is 6.54 Å². The molecule has 0 saturated heterocycles. The van der Waals surface area contributed by atoms with Crippen LogP contribution in [0.15, 0.2) is 18.2 Å². The Hall–Kier alpha value is -1.55. The van der Waals surface area contributed by atoms with E-state index in [-0.39, 0.29) is 11.9 Å². The van der Waals surface area contributed by atoms with E-state index in [2.05, 4.69) is 10.6 Å². The molecule has 1 aromatic carbocycles. The lowest BCUT2D eigenvalue weighted by atomic mass is 9.95. The van der Waals surface area contributed by atoms with Gasteiger partial charge in [-0.3, -0.25) is 4.79 Å². The van der Waals surface area contributed by atoms with Crippen molar-refractivity contribution in [2.45, 2.75) is 19.0 Å². The third-order valence-electron chi connectivity index (χ3n) is 2.76. The molecule has 1 amide bonds. The second-order valence-corrected chi connectivity index (χ2v) is 3.78. The number of carbonyl (C=O) groups excluding carboxylic acids is 1. The molecule has 80 valence electrons. The summed E-state index contributed by atoms with van der Waals surface area (Å²) in [6.07, 6.45) is 0.731. The van der Waals surface area contributed by atoms with E-state index < -0.39 is 0 Å². The fourth-order valence-corrected chi connectivity index (χ4v) is 1.89. The van der Waals surface area contributed by atoms with Gasteiger partial charge in [0.25, 0.3) is 0 Å². The maximum absolute atomic E-state index is 11.4. The maximum Gasteiger partial charge on any atom is 0.237 e. The van der Waals surface area contributed by atoms with Gasteiger partial charge in [0.2, 0.25) is 5.91 Å². The number of nitrogen functional groups attached to an aromatic ring is 1. The lowest BCUT2D eigenvalue weighted by Gasteiger charge is -2.25. The molecular formula is C11H15N3O. The molecule has 0 aliphatic carbocycles. The minimum absolute atomic E-state index is 0.0393. The van der Waals surface area contributed by atoms with Gasteiger partial charge in [-0.2, -0.15) is 0 Å². The number of anilines is 1. The lowest BCUT2D eigenvalue weighted by molar-refractivity contribution is -0.122. The van der Waals surface area contributed by atoms with Crippen LogP contribution in [0.25, 0.3) is 0 Å². The van der Waals surface area contributed by atoms with Gasteiger partial charge in [-0.1, -0.05) is 6.07 Å². The van der Waals surface area contributed by atoms with Gasteiger partial charge in [-0.25, -0.2) is 0 Å². The monoisotopic (exact) mass is 205 g/mol. The molecule has 0 aromatic heterocycles. The Morgan fingerprint density at radius 3 is 3.07 bits per heavy atom. The highest BCUT2D eigenvalue weighted by molar-refractivity contribution is 5.82. The Balaban J connectivity index is 2.20. The van der Waals surface area contributed by atoms with Crippen molar-refractivity contribution in [1.29, 1.82) is 0 Å². The summed E-state index contributed by atoms with van der Waals surface area (Å²) in [4.78, 5) is 11.4. The van der Waals surface area contributed by atoms with E-state index in [1.165, 1.54) is 11.1 Å². The van der Waals surface area contributed by atoms with Gasteiger partial charge in [0, 0.05) is 19.3 Å². The molecule has 4 nitrogen and oxygen atoms in total. The Labute approximate surface area is 88.9 Å². The topological polar surface area (TPSA) is 67.2 Å². The Kier molecular flexibility index (Phi) is 2.60. The molecule has 1 aromatic rings. The number of hydrogen-bond acceptors (Lipinski definition) is 3. The van der Waals surface area contributed by atoms with Crippen LogP contribution in [0.5, 0.6) is 0 Å². The van der Waals surface area contributed by atoms with Crippen molar-refractivity contribution >= 4 is 11.6 Å². The standard InChI is InChI=1S/C11H15N3O/c1-13-11(15)10-5-7-2-3-9(12)4-8(7)6-14-10/h2-4,10,14H,5-6,12H2,1H3,(H,13,15). The fourth-order valence-electron chi connectivity index (χ4n) is 1.89. The van der Waals surface area contributed by atoms with Gasteiger partial charge >= 0.3 is 0 Å². The molecule has 0 saturated carbocycles. The van der Waals surface area contributed by atoms with Crippen LogP contribution in [0, 0.1) is 0 Å². The van der Waals surface area contributed by atoms with Crippen LogP contribution in [0.1, 0.15) is 11.1 Å². The fraction of sp³-hybridized carbons (Fsp3) is 0.364. The number of nitrogens with two attached hydrogens (primary N) is 1. The quantitative estimate of drug-likeness (QED) is 0.567. The highest BCUT2D eigenvalue weighted by Crippen LogP contribution is 2.19. The van der Waals surface area contributed by atoms with Crippen molar-refractivity contribution in [2.24, 2.45) is 0 Å². The van der Waals surface area contributed by atoms with Crippen molar-refractivity contribution in [3.05, 3.63) is 29.3 Å². The Bertz CT molecular complexity index is 389. The Morgan fingerprint density at radius 2 is 2.33 bits per heavy atom. The molecule has 0 radical (unpaired) electrons. The summed E-state index contributed by atoms with van der Waals surface area (Å²) in [6.45, 7) is 0.707. The molecule has 15 heavy (non-hydrogen) atoms. The third kappa shape index (κ3) is 1.94. The minimum Gasteiger partial charge on any atom is -0.399 e. The molecule has 1 aliphatic heterocycles. The summed E-state index contributed by atoms with van der Waals surface area (Å²) in [5.41, 5.74) is 8.86. The summed E-state index contributed by atoms with van der Waals surface area (Å²) < 4.78 is 0. The van der Waals surface area contributed by atoms with Gasteiger partial charge in [-0.15, -0.1) is 0 Å². The smallest absolute Gasteiger partial charge is 0.237 e. The van der Waals surface area contributed by atoms with Crippen molar-refractivity contribution in [2.75, 3.05) is 12.8 Å². The molecule has 1 heterocycles. The maximum atomic E-state index is 11.4. The zero-order chi connectivity index (χ0) is 10.8. The molecule has 4 N–H and O–H groups in total. The first kappa shape index (κ1) is 9.98. The number of rotatable bonds is 1. The second kappa shape index (κ2) is 3.90. The van der Waals surface area contributed by atoms with Crippen LogP contribution in [0.3, 0.4) is 0 Å². The average Bonchev–Trinajstić information content (AvgIpc) is 2.27. The minimum atomic E-state index is -0.119. The van der Waals surface area contributed by atoms with Crippen LogP contribution < -0.4 is 16.4 Å². The molecule has 1 aliphatic rings. The molecular weight excluding hydrogens is 190 g/mol. The van der Waals surface area contributed by atoms with E-state index in [9.17, 15) is 4.79 Å². The van der Waals surface area contributed by atoms with Crippen LogP contribution in [-0.4, -0.2) is 19.0 Å². The lowest BCUT2D eigenvalue weighted by Crippen LogP contribution is -2.46. The van der Waals surface area contributed by atoms with Crippen LogP contribution in [0.2, 0.25) is 0 Å². The zero-order valence-corrected chi connectivity index (χ0v) is 8.71. The normalized spacial score (nSPS) is 19.4. The van der Waals surface area contributed by atoms with E-state index in [0.717, 1.165) is 12.1 Å². The molecule has 0 fully saturated rings. The predicted molar refractivity (Wildman–Crippen MR) is 59.3 cm³/mol. The van der Waals surface area contributed by atoms with Crippen molar-refractivity contribution in [3.63, 3.8) is 0 Å². The summed E-state index contributed by atoms with van der Waals surface area (Å²) >= 11 is 0. The largest absolute Gasteiger partial charge is 0.399 e. The van der Waals surface area contributed by atoms with Crippen molar-refractivity contribution < 1.29 is 4.79 Å². The molecule has 0 bridgehead atoms. The van der Waals surface area contributed by atoms with Crippen LogP contribution in [0.4, 0.5) is 5.69 Å². The first-order chi connectivity index (χ1) is 7.20. The van der Waals surface area contributed by atoms with Gasteiger partial charge in [0.05, 0.1) is 6.04 Å². The second-order valence-electron chi connectivity index (χ2n) is 3.78. The summed E-state index contributed by atoms with van der Waals surface area (Å²) in [5.74, 6) is 0.0393. The number of nitrogens with one attached hydrogen (secondary N) is 2. The highest BCUT2D eigenvalue weighted by Gasteiger charge is 2.22. The number of amides is 1. The predicted octanol–water partition coefficient (Wildman–Crippen LogP) is 0.0291. The van der Waals surface area contributed by atoms with E-state index in [1.54, 1.807) is 7.05 Å². The van der Waals surface area contributed by atoms with Gasteiger partial charge in [0.1, 0.15) is 0 Å². The molecule has 4 heteroatoms. The third-order valence-corrected chi connectivity index (χ3v) is 2.76.